The monoisotopic (exact) mass is 175 g/mol. The standard InChI is InChI=1S/C7H13NO2S/c1-10-7(9)8-4-3-6(5-8)11-2/h6H,3-5H2,1-2H3. The summed E-state index contributed by atoms with van der Waals surface area (Å²) in [4.78, 5) is 12.7. The van der Waals surface area contributed by atoms with E-state index in [-0.39, 0.29) is 6.09 Å². The summed E-state index contributed by atoms with van der Waals surface area (Å²) >= 11 is 1.81. The van der Waals surface area contributed by atoms with Crippen LogP contribution >= 0.6 is 11.8 Å². The Kier molecular flexibility index (Phi) is 3.05. The van der Waals surface area contributed by atoms with Crippen LogP contribution < -0.4 is 0 Å². The SMILES string of the molecule is COC(=O)N1CCC(SC)C1. The number of hydrogen-bond donors (Lipinski definition) is 0. The first-order valence-corrected chi connectivity index (χ1v) is 4.92. The molecule has 1 aliphatic heterocycles. The number of amides is 1. The summed E-state index contributed by atoms with van der Waals surface area (Å²) in [5.74, 6) is 0. The zero-order valence-corrected chi connectivity index (χ0v) is 7.69. The Morgan fingerprint density at radius 2 is 2.45 bits per heavy atom. The third-order valence-corrected chi connectivity index (χ3v) is 2.96. The van der Waals surface area contributed by atoms with E-state index in [1.54, 1.807) is 4.90 Å². The predicted octanol–water partition coefficient (Wildman–Crippen LogP) is 1.19. The molecule has 0 bridgehead atoms. The Morgan fingerprint density at radius 3 is 2.91 bits per heavy atom. The van der Waals surface area contributed by atoms with E-state index in [2.05, 4.69) is 11.0 Å². The van der Waals surface area contributed by atoms with E-state index in [4.69, 9.17) is 0 Å². The van der Waals surface area contributed by atoms with Crippen molar-refractivity contribution in [3.63, 3.8) is 0 Å². The number of methoxy groups -OCH3 is 1. The van der Waals surface area contributed by atoms with Crippen LogP contribution in [0.3, 0.4) is 0 Å². The molecule has 0 N–H and O–H groups in total. The normalized spacial score (nSPS) is 23.8. The largest absolute Gasteiger partial charge is 0.453 e. The zero-order valence-electron chi connectivity index (χ0n) is 6.87. The zero-order chi connectivity index (χ0) is 8.27. The number of ether oxygens (including phenoxy) is 1. The molecule has 3 nitrogen and oxygen atoms in total. The maximum Gasteiger partial charge on any atom is 0.409 e. The van der Waals surface area contributed by atoms with Crippen LogP contribution in [0.1, 0.15) is 6.42 Å². The number of likely N-dealkylation sites (tertiary alicyclic amines) is 1. The van der Waals surface area contributed by atoms with Crippen LogP contribution in [-0.2, 0) is 4.74 Å². The third kappa shape index (κ3) is 2.02. The fourth-order valence-corrected chi connectivity index (χ4v) is 1.89. The highest BCUT2D eigenvalue weighted by Gasteiger charge is 2.25. The van der Waals surface area contributed by atoms with Gasteiger partial charge in [0.1, 0.15) is 0 Å². The van der Waals surface area contributed by atoms with Gasteiger partial charge >= 0.3 is 6.09 Å². The van der Waals surface area contributed by atoms with Crippen molar-refractivity contribution in [3.05, 3.63) is 0 Å². The fraction of sp³-hybridized carbons (Fsp3) is 0.857. The molecule has 0 aromatic carbocycles. The molecule has 0 radical (unpaired) electrons. The van der Waals surface area contributed by atoms with Gasteiger partial charge in [-0.3, -0.25) is 0 Å². The third-order valence-electron chi connectivity index (χ3n) is 1.91. The second-order valence-electron chi connectivity index (χ2n) is 2.56. The molecule has 1 fully saturated rings. The van der Waals surface area contributed by atoms with E-state index in [1.807, 2.05) is 11.8 Å². The van der Waals surface area contributed by atoms with Crippen molar-refractivity contribution < 1.29 is 9.53 Å². The summed E-state index contributed by atoms with van der Waals surface area (Å²) < 4.78 is 4.60. The van der Waals surface area contributed by atoms with Gasteiger partial charge in [0.15, 0.2) is 0 Å². The molecular weight excluding hydrogens is 162 g/mol. The van der Waals surface area contributed by atoms with Crippen molar-refractivity contribution in [1.29, 1.82) is 0 Å². The molecule has 64 valence electrons. The molecule has 4 heteroatoms. The van der Waals surface area contributed by atoms with Crippen molar-refractivity contribution >= 4 is 17.9 Å². The highest BCUT2D eigenvalue weighted by Crippen LogP contribution is 2.20. The summed E-state index contributed by atoms with van der Waals surface area (Å²) in [6, 6.07) is 0. The fourth-order valence-electron chi connectivity index (χ4n) is 1.22. The second-order valence-corrected chi connectivity index (χ2v) is 3.70. The maximum absolute atomic E-state index is 11.0. The predicted molar refractivity (Wildman–Crippen MR) is 45.9 cm³/mol. The van der Waals surface area contributed by atoms with Crippen molar-refractivity contribution in [2.75, 3.05) is 26.5 Å². The van der Waals surface area contributed by atoms with Gasteiger partial charge in [-0.1, -0.05) is 0 Å². The molecule has 0 saturated carbocycles. The lowest BCUT2D eigenvalue weighted by atomic mass is 10.4. The van der Waals surface area contributed by atoms with Crippen LogP contribution in [0, 0.1) is 0 Å². The van der Waals surface area contributed by atoms with Crippen LogP contribution in [0.2, 0.25) is 0 Å². The van der Waals surface area contributed by atoms with Gasteiger partial charge in [0.2, 0.25) is 0 Å². The first-order chi connectivity index (χ1) is 5.27. The molecule has 11 heavy (non-hydrogen) atoms. The molecule has 1 heterocycles. The van der Waals surface area contributed by atoms with Gasteiger partial charge in [0.05, 0.1) is 7.11 Å². The topological polar surface area (TPSA) is 29.5 Å². The first kappa shape index (κ1) is 8.71. The minimum Gasteiger partial charge on any atom is -0.453 e. The summed E-state index contributed by atoms with van der Waals surface area (Å²) in [6.45, 7) is 1.69. The summed E-state index contributed by atoms with van der Waals surface area (Å²) in [5.41, 5.74) is 0. The molecule has 0 aromatic rings. The number of carbonyl (C=O) groups excluding carboxylic acids is 1. The number of carbonyl (C=O) groups is 1. The van der Waals surface area contributed by atoms with Gasteiger partial charge in [0.25, 0.3) is 0 Å². The van der Waals surface area contributed by atoms with Crippen molar-refractivity contribution in [2.24, 2.45) is 0 Å². The van der Waals surface area contributed by atoms with Crippen LogP contribution in [-0.4, -0.2) is 42.7 Å². The molecule has 1 atom stereocenters. The lowest BCUT2D eigenvalue weighted by Crippen LogP contribution is -2.28. The molecule has 1 rings (SSSR count). The van der Waals surface area contributed by atoms with Crippen molar-refractivity contribution in [1.82, 2.24) is 4.90 Å². The highest BCUT2D eigenvalue weighted by atomic mass is 32.2. The second kappa shape index (κ2) is 3.85. The summed E-state index contributed by atoms with van der Waals surface area (Å²) in [6.07, 6.45) is 2.98. The van der Waals surface area contributed by atoms with Crippen molar-refractivity contribution in [3.8, 4) is 0 Å². The molecule has 0 spiro atoms. The average Bonchev–Trinajstić information content (AvgIpc) is 2.50. The molecule has 1 aliphatic rings. The molecule has 1 amide bonds. The minimum absolute atomic E-state index is 0.193. The van der Waals surface area contributed by atoms with E-state index in [9.17, 15) is 4.79 Å². The molecule has 0 aromatic heterocycles. The first-order valence-electron chi connectivity index (χ1n) is 3.63. The van der Waals surface area contributed by atoms with Crippen LogP contribution in [0.15, 0.2) is 0 Å². The minimum atomic E-state index is -0.193. The summed E-state index contributed by atoms with van der Waals surface area (Å²) in [7, 11) is 1.43. The average molecular weight is 175 g/mol. The Balaban J connectivity index is 2.35. The number of thioether (sulfide) groups is 1. The van der Waals surface area contributed by atoms with Gasteiger partial charge in [-0.15, -0.1) is 0 Å². The number of hydrogen-bond acceptors (Lipinski definition) is 3. The smallest absolute Gasteiger partial charge is 0.409 e. The molecule has 1 saturated heterocycles. The van der Waals surface area contributed by atoms with Crippen LogP contribution in [0.4, 0.5) is 4.79 Å². The Bertz CT molecular complexity index is 151. The highest BCUT2D eigenvalue weighted by molar-refractivity contribution is 7.99. The van der Waals surface area contributed by atoms with E-state index >= 15 is 0 Å². The van der Waals surface area contributed by atoms with E-state index in [0.717, 1.165) is 19.5 Å². The van der Waals surface area contributed by atoms with E-state index in [0.29, 0.717) is 5.25 Å². The Labute approximate surface area is 71.1 Å². The molecule has 0 aliphatic carbocycles. The van der Waals surface area contributed by atoms with Crippen molar-refractivity contribution in [2.45, 2.75) is 11.7 Å². The quantitative estimate of drug-likeness (QED) is 0.599. The number of rotatable bonds is 1. The van der Waals surface area contributed by atoms with Gasteiger partial charge in [-0.25, -0.2) is 4.79 Å². The summed E-state index contributed by atoms with van der Waals surface area (Å²) in [5, 5.41) is 0.606. The number of nitrogens with zero attached hydrogens (tertiary/aromatic N) is 1. The Hall–Kier alpha value is -0.380. The lowest BCUT2D eigenvalue weighted by molar-refractivity contribution is 0.133. The van der Waals surface area contributed by atoms with E-state index in [1.165, 1.54) is 7.11 Å². The van der Waals surface area contributed by atoms with Gasteiger partial charge < -0.3 is 9.64 Å². The van der Waals surface area contributed by atoms with Crippen LogP contribution in [0.5, 0.6) is 0 Å². The van der Waals surface area contributed by atoms with Gasteiger partial charge in [0, 0.05) is 18.3 Å². The van der Waals surface area contributed by atoms with Gasteiger partial charge in [-0.05, 0) is 12.7 Å². The van der Waals surface area contributed by atoms with Crippen LogP contribution in [0.25, 0.3) is 0 Å². The van der Waals surface area contributed by atoms with Gasteiger partial charge in [-0.2, -0.15) is 11.8 Å². The molecular formula is C7H13NO2S. The molecule has 1 unspecified atom stereocenters. The lowest BCUT2D eigenvalue weighted by Gasteiger charge is -2.13. The maximum atomic E-state index is 11.0. The van der Waals surface area contributed by atoms with E-state index < -0.39 is 0 Å². The Morgan fingerprint density at radius 1 is 1.73 bits per heavy atom.